The molecule has 18 heavy (non-hydrogen) atoms. The average Bonchev–Trinajstić information content (AvgIpc) is 2.40. The fraction of sp³-hybridized carbons (Fsp3) is 0.308. The molecule has 0 radical (unpaired) electrons. The maximum atomic E-state index is 11.7. The lowest BCUT2D eigenvalue weighted by molar-refractivity contribution is -0.119. The molecule has 0 atom stereocenters. The highest BCUT2D eigenvalue weighted by Crippen LogP contribution is 2.26. The van der Waals surface area contributed by atoms with Gasteiger partial charge in [-0.3, -0.25) is 9.59 Å². The third-order valence-corrected chi connectivity index (χ3v) is 2.85. The number of para-hydroxylation sites is 1. The van der Waals surface area contributed by atoms with Crippen LogP contribution in [0.2, 0.25) is 0 Å². The molecule has 1 heterocycles. The lowest BCUT2D eigenvalue weighted by Gasteiger charge is -2.29. The Morgan fingerprint density at radius 1 is 1.44 bits per heavy atom. The first-order valence-corrected chi connectivity index (χ1v) is 5.73. The van der Waals surface area contributed by atoms with Gasteiger partial charge >= 0.3 is 0 Å². The summed E-state index contributed by atoms with van der Waals surface area (Å²) in [6, 6.07) is 9.13. The number of anilines is 1. The van der Waals surface area contributed by atoms with Crippen LogP contribution in [0.5, 0.6) is 0 Å². The second-order valence-electron chi connectivity index (χ2n) is 4.05. The van der Waals surface area contributed by atoms with E-state index in [1.165, 1.54) is 0 Å². The van der Waals surface area contributed by atoms with Gasteiger partial charge in [0.25, 0.3) is 0 Å². The van der Waals surface area contributed by atoms with Crippen LogP contribution in [0.15, 0.2) is 24.3 Å². The maximum Gasteiger partial charge on any atom is 0.240 e. The first-order chi connectivity index (χ1) is 8.72. The van der Waals surface area contributed by atoms with Crippen molar-refractivity contribution >= 4 is 17.4 Å². The second-order valence-corrected chi connectivity index (χ2v) is 4.05. The highest BCUT2D eigenvalue weighted by molar-refractivity contribution is 6.03. The minimum atomic E-state index is -0.208. The Hall–Kier alpha value is -2.35. The quantitative estimate of drug-likeness (QED) is 0.794. The van der Waals surface area contributed by atoms with Crippen molar-refractivity contribution in [1.29, 1.82) is 5.26 Å². The topological polar surface area (TPSA) is 73.2 Å². The molecule has 5 nitrogen and oxygen atoms in total. The summed E-state index contributed by atoms with van der Waals surface area (Å²) < 4.78 is 0. The number of amides is 1. The van der Waals surface area contributed by atoms with Crippen molar-refractivity contribution in [3.8, 4) is 6.07 Å². The summed E-state index contributed by atoms with van der Waals surface area (Å²) >= 11 is 0. The summed E-state index contributed by atoms with van der Waals surface area (Å²) in [5.41, 5.74) is 1.46. The van der Waals surface area contributed by atoms with Crippen LogP contribution < -0.4 is 10.2 Å². The van der Waals surface area contributed by atoms with Crippen LogP contribution in [0.4, 0.5) is 5.69 Å². The van der Waals surface area contributed by atoms with E-state index >= 15 is 0 Å². The van der Waals surface area contributed by atoms with Crippen LogP contribution in [0, 0.1) is 11.3 Å². The Labute approximate surface area is 105 Å². The summed E-state index contributed by atoms with van der Waals surface area (Å²) in [5, 5.41) is 10.9. The number of nitrogens with one attached hydrogen (secondary N) is 1. The molecule has 0 spiro atoms. The van der Waals surface area contributed by atoms with Gasteiger partial charge in [0.15, 0.2) is 5.78 Å². The number of hydrogen-bond donors (Lipinski definition) is 1. The number of benzene rings is 1. The minimum Gasteiger partial charge on any atom is -0.361 e. The van der Waals surface area contributed by atoms with Crippen LogP contribution in [-0.2, 0) is 4.79 Å². The molecular weight excluding hydrogens is 230 g/mol. The Bertz CT molecular complexity index is 519. The van der Waals surface area contributed by atoms with E-state index < -0.39 is 0 Å². The molecule has 0 fully saturated rings. The molecule has 1 amide bonds. The van der Waals surface area contributed by atoms with Gasteiger partial charge in [0.1, 0.15) is 6.54 Å². The zero-order chi connectivity index (χ0) is 13.0. The van der Waals surface area contributed by atoms with Gasteiger partial charge in [0.05, 0.1) is 12.6 Å². The van der Waals surface area contributed by atoms with E-state index in [1.54, 1.807) is 6.07 Å². The van der Waals surface area contributed by atoms with Gasteiger partial charge in [-0.25, -0.2) is 0 Å². The third kappa shape index (κ3) is 2.48. The molecule has 1 aromatic carbocycles. The molecule has 1 aliphatic rings. The molecule has 1 N–H and O–H groups in total. The predicted octanol–water partition coefficient (Wildman–Crippen LogP) is 0.719. The largest absolute Gasteiger partial charge is 0.361 e. The summed E-state index contributed by atoms with van der Waals surface area (Å²) in [5.74, 6) is -0.0972. The molecule has 1 aromatic rings. The Morgan fingerprint density at radius 2 is 2.22 bits per heavy atom. The number of rotatable bonds is 3. The van der Waals surface area contributed by atoms with Gasteiger partial charge in [-0.2, -0.15) is 5.26 Å². The maximum absolute atomic E-state index is 11.7. The SMILES string of the molecule is N#CCNC(=O)CN1CCC(=O)c2ccccc21. The van der Waals surface area contributed by atoms with Gasteiger partial charge in [0, 0.05) is 24.2 Å². The highest BCUT2D eigenvalue weighted by atomic mass is 16.2. The molecular formula is C13H13N3O2. The van der Waals surface area contributed by atoms with E-state index in [2.05, 4.69) is 5.32 Å². The van der Waals surface area contributed by atoms with Gasteiger partial charge in [-0.1, -0.05) is 12.1 Å². The van der Waals surface area contributed by atoms with Crippen LogP contribution in [0.1, 0.15) is 16.8 Å². The lowest BCUT2D eigenvalue weighted by atomic mass is 10.0. The molecule has 0 saturated carbocycles. The Morgan fingerprint density at radius 3 is 3.00 bits per heavy atom. The zero-order valence-corrected chi connectivity index (χ0v) is 9.85. The van der Waals surface area contributed by atoms with Crippen LogP contribution in [-0.4, -0.2) is 31.3 Å². The van der Waals surface area contributed by atoms with Crippen molar-refractivity contribution in [2.45, 2.75) is 6.42 Å². The summed E-state index contributed by atoms with van der Waals surface area (Å²) in [6.07, 6.45) is 0.419. The smallest absolute Gasteiger partial charge is 0.240 e. The molecule has 1 aliphatic heterocycles. The van der Waals surface area contributed by atoms with Crippen LogP contribution in [0.3, 0.4) is 0 Å². The number of ketones is 1. The molecule has 0 saturated heterocycles. The average molecular weight is 243 g/mol. The number of fused-ring (bicyclic) bond motifs is 1. The highest BCUT2D eigenvalue weighted by Gasteiger charge is 2.23. The molecule has 92 valence electrons. The first-order valence-electron chi connectivity index (χ1n) is 5.73. The molecule has 0 unspecified atom stereocenters. The standard InChI is InChI=1S/C13H13N3O2/c14-6-7-15-13(18)9-16-8-5-12(17)10-3-1-2-4-11(10)16/h1-4H,5,7-9H2,(H,15,18). The van der Waals surface area contributed by atoms with Crippen molar-refractivity contribution in [3.63, 3.8) is 0 Å². The van der Waals surface area contributed by atoms with E-state index in [0.717, 1.165) is 5.69 Å². The van der Waals surface area contributed by atoms with Crippen molar-refractivity contribution in [2.75, 3.05) is 24.5 Å². The molecule has 2 rings (SSSR count). The third-order valence-electron chi connectivity index (χ3n) is 2.85. The fourth-order valence-electron chi connectivity index (χ4n) is 2.01. The number of carbonyl (C=O) groups excluding carboxylic acids is 2. The monoisotopic (exact) mass is 243 g/mol. The number of nitriles is 1. The summed E-state index contributed by atoms with van der Waals surface area (Å²) in [7, 11) is 0. The Kier molecular flexibility index (Phi) is 3.58. The fourth-order valence-corrected chi connectivity index (χ4v) is 2.01. The number of hydrogen-bond acceptors (Lipinski definition) is 4. The predicted molar refractivity (Wildman–Crippen MR) is 66.2 cm³/mol. The zero-order valence-electron chi connectivity index (χ0n) is 9.85. The van der Waals surface area contributed by atoms with E-state index in [0.29, 0.717) is 18.5 Å². The number of Topliss-reactive ketones (excluding diaryl/α,β-unsaturated/α-hetero) is 1. The van der Waals surface area contributed by atoms with Crippen molar-refractivity contribution in [3.05, 3.63) is 29.8 Å². The number of nitrogens with zero attached hydrogens (tertiary/aromatic N) is 2. The molecule has 5 heteroatoms. The molecule has 0 aromatic heterocycles. The van der Waals surface area contributed by atoms with Gasteiger partial charge < -0.3 is 10.2 Å². The first kappa shape index (κ1) is 12.1. The minimum absolute atomic E-state index is 0.00719. The van der Waals surface area contributed by atoms with Crippen molar-refractivity contribution in [2.24, 2.45) is 0 Å². The Balaban J connectivity index is 2.12. The van der Waals surface area contributed by atoms with Crippen molar-refractivity contribution < 1.29 is 9.59 Å². The van der Waals surface area contributed by atoms with Crippen LogP contribution in [0.25, 0.3) is 0 Å². The summed E-state index contributed by atoms with van der Waals surface area (Å²) in [4.78, 5) is 25.2. The van der Waals surface area contributed by atoms with Gasteiger partial charge in [-0.05, 0) is 12.1 Å². The van der Waals surface area contributed by atoms with Gasteiger partial charge in [0.2, 0.25) is 5.91 Å². The van der Waals surface area contributed by atoms with E-state index in [9.17, 15) is 9.59 Å². The molecule has 0 aliphatic carbocycles. The van der Waals surface area contributed by atoms with Crippen molar-refractivity contribution in [1.82, 2.24) is 5.32 Å². The van der Waals surface area contributed by atoms with E-state index in [-0.39, 0.29) is 24.8 Å². The molecule has 0 bridgehead atoms. The number of carbonyl (C=O) groups is 2. The van der Waals surface area contributed by atoms with Gasteiger partial charge in [-0.15, -0.1) is 0 Å². The normalized spacial score (nSPS) is 13.7. The van der Waals surface area contributed by atoms with E-state index in [4.69, 9.17) is 5.26 Å². The summed E-state index contributed by atoms with van der Waals surface area (Å²) in [6.45, 7) is 0.717. The lowest BCUT2D eigenvalue weighted by Crippen LogP contribution is -2.41. The van der Waals surface area contributed by atoms with E-state index in [1.807, 2.05) is 29.2 Å². The second kappa shape index (κ2) is 5.32. The van der Waals surface area contributed by atoms with Crippen LogP contribution >= 0.6 is 0 Å².